The lowest BCUT2D eigenvalue weighted by atomic mass is 9.79. The van der Waals surface area contributed by atoms with Gasteiger partial charge in [0.25, 0.3) is 0 Å². The predicted octanol–water partition coefficient (Wildman–Crippen LogP) is -0.817. The van der Waals surface area contributed by atoms with Gasteiger partial charge in [-0.3, -0.25) is 4.79 Å². The number of halogens is 1. The van der Waals surface area contributed by atoms with Gasteiger partial charge in [0.2, 0.25) is 0 Å². The Bertz CT molecular complexity index is 306. The Morgan fingerprint density at radius 3 is 2.38 bits per heavy atom. The quantitative estimate of drug-likeness (QED) is 0.332. The smallest absolute Gasteiger partial charge is 0.423 e. The van der Waals surface area contributed by atoms with E-state index in [1.165, 1.54) is 18.2 Å². The van der Waals surface area contributed by atoms with Crippen LogP contribution in [-0.4, -0.2) is 23.5 Å². The van der Waals surface area contributed by atoms with E-state index in [9.17, 15) is 4.79 Å². The molecule has 0 heterocycles. The highest BCUT2D eigenvalue weighted by molar-refractivity contribution is 6.58. The molecule has 0 aromatic heterocycles. The molecule has 4 N–H and O–H groups in total. The van der Waals surface area contributed by atoms with Gasteiger partial charge in [0.05, 0.1) is 0 Å². The maximum Gasteiger partial charge on any atom is 0.488 e. The minimum Gasteiger partial charge on any atom is -0.423 e. The molecule has 0 unspecified atom stereocenters. The molecule has 1 aromatic carbocycles. The van der Waals surface area contributed by atoms with Gasteiger partial charge in [-0.05, 0) is 17.6 Å². The number of carbonyl (C=O) groups is 1. The van der Waals surface area contributed by atoms with E-state index in [0.29, 0.717) is 17.5 Å². The summed E-state index contributed by atoms with van der Waals surface area (Å²) >= 11 is 0. The molecule has 0 bridgehead atoms. The number of carbonyl (C=O) groups excluding carboxylic acids is 1. The molecular weight excluding hydrogens is 192 g/mol. The Kier molecular flexibility index (Phi) is 4.47. The average Bonchev–Trinajstić information content (AvgIpc) is 2.03. The van der Waals surface area contributed by atoms with Crippen molar-refractivity contribution >= 4 is 37.0 Å². The van der Waals surface area contributed by atoms with Gasteiger partial charge >= 0.3 is 7.12 Å². The van der Waals surface area contributed by atoms with Crippen molar-refractivity contribution in [2.45, 2.75) is 0 Å². The first-order valence-corrected chi connectivity index (χ1v) is 3.35. The van der Waals surface area contributed by atoms with Crippen LogP contribution in [0, 0.1) is 0 Å². The molecule has 0 saturated heterocycles. The lowest BCUT2D eigenvalue weighted by molar-refractivity contribution is 0.112. The third-order valence-corrected chi connectivity index (χ3v) is 1.43. The summed E-state index contributed by atoms with van der Waals surface area (Å²) in [7, 11) is -1.59. The van der Waals surface area contributed by atoms with Crippen molar-refractivity contribution in [2.24, 2.45) is 0 Å². The number of hydrogen-bond acceptors (Lipinski definition) is 4. The summed E-state index contributed by atoms with van der Waals surface area (Å²) in [6.07, 6.45) is 0.599. The van der Waals surface area contributed by atoms with Gasteiger partial charge in [0, 0.05) is 11.3 Å². The second kappa shape index (κ2) is 4.86. The largest absolute Gasteiger partial charge is 0.488 e. The number of aldehydes is 1. The van der Waals surface area contributed by atoms with Gasteiger partial charge in [-0.2, -0.15) is 0 Å². The normalized spacial score (nSPS) is 8.77. The molecule has 0 radical (unpaired) electrons. The highest BCUT2D eigenvalue weighted by Crippen LogP contribution is 2.02. The summed E-state index contributed by atoms with van der Waals surface area (Å²) in [6, 6.07) is 4.23. The van der Waals surface area contributed by atoms with Crippen molar-refractivity contribution in [3.8, 4) is 0 Å². The Hall–Kier alpha value is -1.04. The Morgan fingerprint density at radius 2 is 1.92 bits per heavy atom. The fourth-order valence-electron chi connectivity index (χ4n) is 0.919. The van der Waals surface area contributed by atoms with Crippen molar-refractivity contribution in [1.82, 2.24) is 0 Å². The van der Waals surface area contributed by atoms with Gasteiger partial charge in [-0.1, -0.05) is 6.07 Å². The van der Waals surface area contributed by atoms with Gasteiger partial charge in [-0.25, -0.2) is 0 Å². The summed E-state index contributed by atoms with van der Waals surface area (Å²) in [5.41, 5.74) is 6.28. The van der Waals surface area contributed by atoms with Gasteiger partial charge in [0.15, 0.2) is 0 Å². The van der Waals surface area contributed by atoms with E-state index in [1.807, 2.05) is 0 Å². The third-order valence-electron chi connectivity index (χ3n) is 1.43. The number of anilines is 1. The summed E-state index contributed by atoms with van der Waals surface area (Å²) in [5, 5.41) is 17.5. The first-order valence-electron chi connectivity index (χ1n) is 3.35. The molecule has 0 spiro atoms. The van der Waals surface area contributed by atoms with Crippen LogP contribution in [-0.2, 0) is 0 Å². The number of nitrogens with two attached hydrogens (primary N) is 1. The maximum atomic E-state index is 10.3. The van der Waals surface area contributed by atoms with E-state index < -0.39 is 7.12 Å². The number of benzene rings is 1. The standard InChI is InChI=1S/C7H8BNO3.ClH/c9-7-2-5(4-10)1-6(3-7)8(11)12;/h1-4,11-12H,9H2;1H. The van der Waals surface area contributed by atoms with Crippen LogP contribution in [0.3, 0.4) is 0 Å². The molecule has 0 aliphatic carbocycles. The zero-order chi connectivity index (χ0) is 9.14. The second-order valence-electron chi connectivity index (χ2n) is 2.42. The first-order chi connectivity index (χ1) is 5.63. The van der Waals surface area contributed by atoms with Crippen LogP contribution in [0.15, 0.2) is 18.2 Å². The zero-order valence-corrected chi connectivity index (χ0v) is 7.49. The summed E-state index contributed by atoms with van der Waals surface area (Å²) in [6.45, 7) is 0. The molecule has 0 saturated carbocycles. The first kappa shape index (κ1) is 12.0. The van der Waals surface area contributed by atoms with Crippen LogP contribution in [0.25, 0.3) is 0 Å². The minimum atomic E-state index is -1.59. The Morgan fingerprint density at radius 1 is 1.31 bits per heavy atom. The van der Waals surface area contributed by atoms with Crippen LogP contribution in [0.1, 0.15) is 10.4 Å². The van der Waals surface area contributed by atoms with Crippen molar-refractivity contribution < 1.29 is 14.8 Å². The third kappa shape index (κ3) is 3.06. The zero-order valence-electron chi connectivity index (χ0n) is 6.68. The second-order valence-corrected chi connectivity index (χ2v) is 2.42. The molecule has 0 atom stereocenters. The fraction of sp³-hybridized carbons (Fsp3) is 0. The summed E-state index contributed by atoms with van der Waals surface area (Å²) in [4.78, 5) is 10.3. The van der Waals surface area contributed by atoms with Crippen LogP contribution < -0.4 is 11.2 Å². The minimum absolute atomic E-state index is 0. The molecular formula is C7H9BClNO3. The van der Waals surface area contributed by atoms with Crippen LogP contribution in [0.2, 0.25) is 0 Å². The van der Waals surface area contributed by atoms with Crippen LogP contribution in [0.5, 0.6) is 0 Å². The molecule has 0 fully saturated rings. The number of nitrogen functional groups attached to an aromatic ring is 1. The van der Waals surface area contributed by atoms with Gasteiger partial charge < -0.3 is 15.8 Å². The van der Waals surface area contributed by atoms with Crippen LogP contribution in [0.4, 0.5) is 5.69 Å². The molecule has 0 aliphatic rings. The molecule has 4 nitrogen and oxygen atoms in total. The average molecular weight is 201 g/mol. The molecule has 0 amide bonds. The van der Waals surface area contributed by atoms with Crippen molar-refractivity contribution in [3.05, 3.63) is 23.8 Å². The summed E-state index contributed by atoms with van der Waals surface area (Å²) in [5.74, 6) is 0. The number of hydrogen-bond donors (Lipinski definition) is 3. The Balaban J connectivity index is 0.00000144. The van der Waals surface area contributed by atoms with E-state index in [0.717, 1.165) is 0 Å². The predicted molar refractivity (Wildman–Crippen MR) is 53.3 cm³/mol. The van der Waals surface area contributed by atoms with Gasteiger partial charge in [-0.15, -0.1) is 12.4 Å². The maximum absolute atomic E-state index is 10.3. The van der Waals surface area contributed by atoms with Gasteiger partial charge in [0.1, 0.15) is 6.29 Å². The molecule has 0 aliphatic heterocycles. The highest BCUT2D eigenvalue weighted by Gasteiger charge is 2.11. The van der Waals surface area contributed by atoms with Crippen molar-refractivity contribution in [3.63, 3.8) is 0 Å². The molecule has 70 valence electrons. The molecule has 6 heteroatoms. The molecule has 1 rings (SSSR count). The number of rotatable bonds is 2. The summed E-state index contributed by atoms with van der Waals surface area (Å²) < 4.78 is 0. The van der Waals surface area contributed by atoms with E-state index in [1.54, 1.807) is 0 Å². The van der Waals surface area contributed by atoms with Crippen molar-refractivity contribution in [1.29, 1.82) is 0 Å². The Labute approximate surface area is 81.9 Å². The van der Waals surface area contributed by atoms with E-state index >= 15 is 0 Å². The highest BCUT2D eigenvalue weighted by atomic mass is 35.5. The molecule has 13 heavy (non-hydrogen) atoms. The van der Waals surface area contributed by atoms with E-state index in [2.05, 4.69) is 0 Å². The van der Waals surface area contributed by atoms with E-state index in [4.69, 9.17) is 15.8 Å². The van der Waals surface area contributed by atoms with Crippen molar-refractivity contribution in [2.75, 3.05) is 5.73 Å². The molecule has 1 aromatic rings. The topological polar surface area (TPSA) is 83.6 Å². The van der Waals surface area contributed by atoms with E-state index in [-0.39, 0.29) is 17.9 Å². The lowest BCUT2D eigenvalue weighted by Crippen LogP contribution is -2.30. The lowest BCUT2D eigenvalue weighted by Gasteiger charge is -2.01. The van der Waals surface area contributed by atoms with Crippen LogP contribution >= 0.6 is 12.4 Å². The fourth-order valence-corrected chi connectivity index (χ4v) is 0.919. The SMILES string of the molecule is Cl.Nc1cc(C=O)cc(B(O)O)c1. The monoisotopic (exact) mass is 201 g/mol.